The maximum Gasteiger partial charge on any atom is 0.237 e. The number of carbonyl (C=O) groups excluding carboxylic acids is 1. The highest BCUT2D eigenvalue weighted by Crippen LogP contribution is 2.14. The number of nitrogens with one attached hydrogen (secondary N) is 1. The molecule has 0 saturated carbocycles. The van der Waals surface area contributed by atoms with E-state index in [1.165, 1.54) is 0 Å². The van der Waals surface area contributed by atoms with Gasteiger partial charge in [0.25, 0.3) is 0 Å². The molecule has 5 heteroatoms. The number of ether oxygens (including phenoxy) is 1. The highest BCUT2D eigenvalue weighted by Gasteiger charge is 2.28. The molecule has 1 aliphatic heterocycles. The van der Waals surface area contributed by atoms with Gasteiger partial charge in [0, 0.05) is 19.6 Å². The van der Waals surface area contributed by atoms with Crippen LogP contribution in [0.5, 0.6) is 5.75 Å². The third kappa shape index (κ3) is 4.47. The fourth-order valence-corrected chi connectivity index (χ4v) is 2.68. The summed E-state index contributed by atoms with van der Waals surface area (Å²) in [4.78, 5) is 14.2. The molecule has 0 aromatic heterocycles. The molecule has 22 heavy (non-hydrogen) atoms. The minimum Gasteiger partial charge on any atom is -0.492 e. The van der Waals surface area contributed by atoms with E-state index in [9.17, 15) is 4.79 Å². The van der Waals surface area contributed by atoms with E-state index in [4.69, 9.17) is 10.00 Å². The SMILES string of the molecule is CCCCC1C(=O)NCCN1CCOc1cccc(C#N)c1. The van der Waals surface area contributed by atoms with Crippen molar-refractivity contribution in [1.82, 2.24) is 10.2 Å². The number of rotatable bonds is 7. The molecular formula is C17H23N3O2. The van der Waals surface area contributed by atoms with Crippen molar-refractivity contribution in [2.45, 2.75) is 32.2 Å². The number of benzene rings is 1. The minimum absolute atomic E-state index is 0.0391. The van der Waals surface area contributed by atoms with Crippen LogP contribution in [-0.4, -0.2) is 43.1 Å². The van der Waals surface area contributed by atoms with Crippen molar-refractivity contribution in [3.8, 4) is 11.8 Å². The Labute approximate surface area is 131 Å². The van der Waals surface area contributed by atoms with Crippen LogP contribution in [-0.2, 0) is 4.79 Å². The number of unbranched alkanes of at least 4 members (excludes halogenated alkanes) is 1. The molecule has 0 radical (unpaired) electrons. The molecule has 5 nitrogen and oxygen atoms in total. The van der Waals surface area contributed by atoms with Crippen molar-refractivity contribution in [3.05, 3.63) is 29.8 Å². The van der Waals surface area contributed by atoms with Gasteiger partial charge >= 0.3 is 0 Å². The zero-order chi connectivity index (χ0) is 15.8. The van der Waals surface area contributed by atoms with Gasteiger partial charge in [0.15, 0.2) is 0 Å². The number of nitriles is 1. The normalized spacial score (nSPS) is 18.5. The average molecular weight is 301 g/mol. The average Bonchev–Trinajstić information content (AvgIpc) is 2.54. The van der Waals surface area contributed by atoms with Gasteiger partial charge in [0.2, 0.25) is 5.91 Å². The van der Waals surface area contributed by atoms with Crippen LogP contribution in [0.25, 0.3) is 0 Å². The number of nitrogens with zero attached hydrogens (tertiary/aromatic N) is 2. The van der Waals surface area contributed by atoms with Crippen LogP contribution in [0.15, 0.2) is 24.3 Å². The molecule has 0 aliphatic carbocycles. The van der Waals surface area contributed by atoms with Crippen LogP contribution in [0, 0.1) is 11.3 Å². The van der Waals surface area contributed by atoms with Gasteiger partial charge in [-0.3, -0.25) is 9.69 Å². The topological polar surface area (TPSA) is 65.4 Å². The first-order chi connectivity index (χ1) is 10.7. The molecule has 1 aliphatic rings. The molecule has 1 saturated heterocycles. The summed E-state index contributed by atoms with van der Waals surface area (Å²) in [5.41, 5.74) is 0.593. The van der Waals surface area contributed by atoms with Gasteiger partial charge in [0.05, 0.1) is 17.7 Å². The van der Waals surface area contributed by atoms with Crippen molar-refractivity contribution < 1.29 is 9.53 Å². The molecule has 1 heterocycles. The molecule has 1 unspecified atom stereocenters. The van der Waals surface area contributed by atoms with Gasteiger partial charge < -0.3 is 10.1 Å². The Bertz CT molecular complexity index is 539. The molecule has 1 amide bonds. The lowest BCUT2D eigenvalue weighted by atomic mass is 10.1. The van der Waals surface area contributed by atoms with E-state index in [1.54, 1.807) is 12.1 Å². The molecule has 118 valence electrons. The van der Waals surface area contributed by atoms with E-state index in [-0.39, 0.29) is 11.9 Å². The number of hydrogen-bond donors (Lipinski definition) is 1. The number of carbonyl (C=O) groups is 1. The van der Waals surface area contributed by atoms with Crippen LogP contribution < -0.4 is 10.1 Å². The third-order valence-electron chi connectivity index (χ3n) is 3.88. The summed E-state index contributed by atoms with van der Waals surface area (Å²) >= 11 is 0. The van der Waals surface area contributed by atoms with Crippen molar-refractivity contribution in [3.63, 3.8) is 0 Å². The summed E-state index contributed by atoms with van der Waals surface area (Å²) in [6, 6.07) is 9.20. The lowest BCUT2D eigenvalue weighted by Crippen LogP contribution is -2.56. The van der Waals surface area contributed by atoms with Gasteiger partial charge in [-0.05, 0) is 24.6 Å². The van der Waals surface area contributed by atoms with Gasteiger partial charge in [0.1, 0.15) is 12.4 Å². The summed E-state index contributed by atoms with van der Waals surface area (Å²) in [7, 11) is 0. The monoisotopic (exact) mass is 301 g/mol. The quantitative estimate of drug-likeness (QED) is 0.835. The largest absolute Gasteiger partial charge is 0.492 e. The smallest absolute Gasteiger partial charge is 0.237 e. The molecule has 1 aromatic carbocycles. The first-order valence-electron chi connectivity index (χ1n) is 7.89. The molecule has 1 N–H and O–H groups in total. The second-order valence-electron chi connectivity index (χ2n) is 5.47. The van der Waals surface area contributed by atoms with Crippen LogP contribution >= 0.6 is 0 Å². The molecule has 1 atom stereocenters. The Hall–Kier alpha value is -2.06. The first kappa shape index (κ1) is 16.3. The molecule has 0 bridgehead atoms. The Morgan fingerprint density at radius 3 is 3.14 bits per heavy atom. The van der Waals surface area contributed by atoms with E-state index >= 15 is 0 Å². The predicted octanol–water partition coefficient (Wildman–Crippen LogP) is 1.93. The number of hydrogen-bond acceptors (Lipinski definition) is 4. The predicted molar refractivity (Wildman–Crippen MR) is 84.5 cm³/mol. The third-order valence-corrected chi connectivity index (χ3v) is 3.88. The van der Waals surface area contributed by atoms with E-state index in [1.807, 2.05) is 12.1 Å². The summed E-state index contributed by atoms with van der Waals surface area (Å²) in [5, 5.41) is 11.8. The number of amides is 1. The molecular weight excluding hydrogens is 278 g/mol. The zero-order valence-corrected chi connectivity index (χ0v) is 13.0. The number of piperazine rings is 1. The Kier molecular flexibility index (Phi) is 6.23. The van der Waals surface area contributed by atoms with Gasteiger partial charge in [-0.15, -0.1) is 0 Å². The van der Waals surface area contributed by atoms with Crippen molar-refractivity contribution in [2.75, 3.05) is 26.2 Å². The maximum atomic E-state index is 12.0. The van der Waals surface area contributed by atoms with Gasteiger partial charge in [-0.1, -0.05) is 25.8 Å². The van der Waals surface area contributed by atoms with E-state index in [0.29, 0.717) is 24.5 Å². The fraction of sp³-hybridized carbons (Fsp3) is 0.529. The second kappa shape index (κ2) is 8.40. The van der Waals surface area contributed by atoms with Crippen LogP contribution in [0.1, 0.15) is 31.7 Å². The van der Waals surface area contributed by atoms with Crippen LogP contribution in [0.2, 0.25) is 0 Å². The van der Waals surface area contributed by atoms with Crippen molar-refractivity contribution in [1.29, 1.82) is 5.26 Å². The highest BCUT2D eigenvalue weighted by atomic mass is 16.5. The Morgan fingerprint density at radius 2 is 2.36 bits per heavy atom. The Balaban J connectivity index is 1.85. The standard InChI is InChI=1S/C17H23N3O2/c1-2-3-7-16-17(21)19-8-9-20(16)10-11-22-15-6-4-5-14(12-15)13-18/h4-6,12,16H,2-3,7-11H2,1H3,(H,19,21). The van der Waals surface area contributed by atoms with Gasteiger partial charge in [-0.25, -0.2) is 0 Å². The lowest BCUT2D eigenvalue weighted by molar-refractivity contribution is -0.129. The molecule has 1 aromatic rings. The molecule has 1 fully saturated rings. The lowest BCUT2D eigenvalue weighted by Gasteiger charge is -2.34. The highest BCUT2D eigenvalue weighted by molar-refractivity contribution is 5.82. The summed E-state index contributed by atoms with van der Waals surface area (Å²) in [6.07, 6.45) is 3.04. The Morgan fingerprint density at radius 1 is 1.50 bits per heavy atom. The maximum absolute atomic E-state index is 12.0. The molecule has 0 spiro atoms. The van der Waals surface area contributed by atoms with Crippen molar-refractivity contribution in [2.24, 2.45) is 0 Å². The zero-order valence-electron chi connectivity index (χ0n) is 13.0. The summed E-state index contributed by atoms with van der Waals surface area (Å²) in [5.74, 6) is 0.830. The van der Waals surface area contributed by atoms with Crippen LogP contribution in [0.3, 0.4) is 0 Å². The first-order valence-corrected chi connectivity index (χ1v) is 7.89. The van der Waals surface area contributed by atoms with E-state index < -0.39 is 0 Å². The van der Waals surface area contributed by atoms with Crippen LogP contribution in [0.4, 0.5) is 0 Å². The van der Waals surface area contributed by atoms with Gasteiger partial charge in [-0.2, -0.15) is 5.26 Å². The summed E-state index contributed by atoms with van der Waals surface area (Å²) < 4.78 is 5.71. The van der Waals surface area contributed by atoms with E-state index in [2.05, 4.69) is 23.2 Å². The minimum atomic E-state index is -0.0391. The summed E-state index contributed by atoms with van der Waals surface area (Å²) in [6.45, 7) is 4.94. The van der Waals surface area contributed by atoms with Crippen molar-refractivity contribution >= 4 is 5.91 Å². The van der Waals surface area contributed by atoms with E-state index in [0.717, 1.165) is 32.4 Å². The molecule has 2 rings (SSSR count). The second-order valence-corrected chi connectivity index (χ2v) is 5.47. The fourth-order valence-electron chi connectivity index (χ4n) is 2.68.